The van der Waals surface area contributed by atoms with E-state index >= 15 is 0 Å². The third-order valence-electron chi connectivity index (χ3n) is 5.02. The topological polar surface area (TPSA) is 85.9 Å². The quantitative estimate of drug-likeness (QED) is 0.579. The molecule has 2 aromatic rings. The van der Waals surface area contributed by atoms with Gasteiger partial charge in [-0.05, 0) is 31.2 Å². The maximum absolute atomic E-state index is 13.3. The first-order valence-corrected chi connectivity index (χ1v) is 9.16. The minimum Gasteiger partial charge on any atom is -0.370 e. The van der Waals surface area contributed by atoms with E-state index in [4.69, 9.17) is 4.74 Å². The van der Waals surface area contributed by atoms with Gasteiger partial charge in [0.2, 0.25) is 0 Å². The van der Waals surface area contributed by atoms with Gasteiger partial charge in [0, 0.05) is 22.8 Å². The molecule has 0 bridgehead atoms. The van der Waals surface area contributed by atoms with E-state index in [1.165, 1.54) is 35.2 Å². The van der Waals surface area contributed by atoms with Crippen molar-refractivity contribution in [1.82, 2.24) is 5.32 Å². The molecule has 8 heteroatoms. The van der Waals surface area contributed by atoms with Gasteiger partial charge in [0.1, 0.15) is 24.9 Å². The second-order valence-electron chi connectivity index (χ2n) is 6.84. The summed E-state index contributed by atoms with van der Waals surface area (Å²) in [5.41, 5.74) is 1.74. The summed E-state index contributed by atoms with van der Waals surface area (Å²) in [5.74, 6) is -0.595. The van der Waals surface area contributed by atoms with E-state index in [1.807, 2.05) is 0 Å². The summed E-state index contributed by atoms with van der Waals surface area (Å²) in [5, 5.41) is 13.9. The Bertz CT molecular complexity index is 851. The van der Waals surface area contributed by atoms with Crippen molar-refractivity contribution >= 4 is 11.6 Å². The summed E-state index contributed by atoms with van der Waals surface area (Å²) in [6.45, 7) is 4.86. The van der Waals surface area contributed by atoms with Gasteiger partial charge in [0.15, 0.2) is 0 Å². The molecule has 0 aromatic heterocycles. The number of ether oxygens (including phenoxy) is 1. The first kappa shape index (κ1) is 19.9. The molecule has 0 unspecified atom stereocenters. The summed E-state index contributed by atoms with van der Waals surface area (Å²) in [4.78, 5) is 24.3. The van der Waals surface area contributed by atoms with Gasteiger partial charge in [-0.1, -0.05) is 12.1 Å². The minimum atomic E-state index is -0.469. The standard InChI is InChI=1S/C20H22FN3O4/c1-14-12-16(4-7-18(14)24(26)27)20(25)22-13-19(23-8-10-28-11-9-23)15-2-5-17(21)6-3-15/h2-7,12,19H,8-11,13H2,1H3,(H,22,25)/p+1/t19-/m0/s1. The number of carbonyl (C=O) groups is 1. The van der Waals surface area contributed by atoms with Crippen LogP contribution in [0.1, 0.15) is 27.5 Å². The fraction of sp³-hybridized carbons (Fsp3) is 0.350. The smallest absolute Gasteiger partial charge is 0.272 e. The van der Waals surface area contributed by atoms with Crippen molar-refractivity contribution in [2.24, 2.45) is 0 Å². The average Bonchev–Trinajstić information content (AvgIpc) is 2.69. The Labute approximate surface area is 162 Å². The number of hydrogen-bond acceptors (Lipinski definition) is 4. The number of quaternary nitrogens is 1. The molecule has 7 nitrogen and oxygen atoms in total. The van der Waals surface area contributed by atoms with Crippen LogP contribution in [0, 0.1) is 22.9 Å². The summed E-state index contributed by atoms with van der Waals surface area (Å²) in [7, 11) is 0. The van der Waals surface area contributed by atoms with Gasteiger partial charge in [0.05, 0.1) is 24.7 Å². The molecule has 0 spiro atoms. The van der Waals surface area contributed by atoms with E-state index in [1.54, 1.807) is 19.1 Å². The highest BCUT2D eigenvalue weighted by molar-refractivity contribution is 5.94. The lowest BCUT2D eigenvalue weighted by Gasteiger charge is -2.32. The number of aryl methyl sites for hydroxylation is 1. The highest BCUT2D eigenvalue weighted by Gasteiger charge is 2.27. The SMILES string of the molecule is Cc1cc(C(=O)NC[C@@H](c2ccc(F)cc2)[NH+]2CCOCC2)ccc1[N+](=O)[O-]. The molecule has 1 aliphatic heterocycles. The summed E-state index contributed by atoms with van der Waals surface area (Å²) < 4.78 is 18.7. The van der Waals surface area contributed by atoms with Gasteiger partial charge in [0.25, 0.3) is 11.6 Å². The van der Waals surface area contributed by atoms with E-state index < -0.39 is 4.92 Å². The molecule has 148 valence electrons. The number of amides is 1. The highest BCUT2D eigenvalue weighted by Crippen LogP contribution is 2.19. The van der Waals surface area contributed by atoms with Gasteiger partial charge in [-0.2, -0.15) is 0 Å². The zero-order valence-electron chi connectivity index (χ0n) is 15.6. The van der Waals surface area contributed by atoms with Crippen LogP contribution in [0.15, 0.2) is 42.5 Å². The van der Waals surface area contributed by atoms with Gasteiger partial charge in [-0.25, -0.2) is 4.39 Å². The van der Waals surface area contributed by atoms with E-state index in [0.717, 1.165) is 18.7 Å². The Balaban J connectivity index is 1.73. The fourth-order valence-corrected chi connectivity index (χ4v) is 3.47. The zero-order valence-corrected chi connectivity index (χ0v) is 15.6. The zero-order chi connectivity index (χ0) is 20.1. The highest BCUT2D eigenvalue weighted by atomic mass is 19.1. The number of hydrogen-bond donors (Lipinski definition) is 2. The molecule has 0 radical (unpaired) electrons. The number of nitro groups is 1. The molecule has 1 heterocycles. The maximum Gasteiger partial charge on any atom is 0.272 e. The lowest BCUT2D eigenvalue weighted by molar-refractivity contribution is -0.937. The van der Waals surface area contributed by atoms with Crippen LogP contribution in [0.5, 0.6) is 0 Å². The maximum atomic E-state index is 13.3. The van der Waals surface area contributed by atoms with Crippen LogP contribution in [0.25, 0.3) is 0 Å². The van der Waals surface area contributed by atoms with Crippen LogP contribution < -0.4 is 10.2 Å². The lowest BCUT2D eigenvalue weighted by atomic mass is 10.0. The Morgan fingerprint density at radius 2 is 1.93 bits per heavy atom. The van der Waals surface area contributed by atoms with Gasteiger partial charge >= 0.3 is 0 Å². The van der Waals surface area contributed by atoms with Crippen molar-refractivity contribution < 1.29 is 23.7 Å². The Hall–Kier alpha value is -2.84. The van der Waals surface area contributed by atoms with Crippen molar-refractivity contribution in [3.63, 3.8) is 0 Å². The van der Waals surface area contributed by atoms with Crippen LogP contribution in [0.3, 0.4) is 0 Å². The Morgan fingerprint density at radius 3 is 2.54 bits per heavy atom. The number of nitro benzene ring substituents is 1. The molecule has 0 aliphatic carbocycles. The van der Waals surface area contributed by atoms with Crippen LogP contribution in [0.2, 0.25) is 0 Å². The Kier molecular flexibility index (Phi) is 6.33. The number of halogens is 1. The fourth-order valence-electron chi connectivity index (χ4n) is 3.47. The predicted octanol–water partition coefficient (Wildman–Crippen LogP) is 1.43. The van der Waals surface area contributed by atoms with Crippen LogP contribution in [0.4, 0.5) is 10.1 Å². The van der Waals surface area contributed by atoms with Crippen LogP contribution >= 0.6 is 0 Å². The second-order valence-corrected chi connectivity index (χ2v) is 6.84. The molecule has 28 heavy (non-hydrogen) atoms. The number of carbonyl (C=O) groups excluding carboxylic acids is 1. The third kappa shape index (κ3) is 4.71. The van der Waals surface area contributed by atoms with Gasteiger partial charge in [-0.3, -0.25) is 14.9 Å². The van der Waals surface area contributed by atoms with E-state index in [-0.39, 0.29) is 23.5 Å². The molecular weight excluding hydrogens is 365 g/mol. The van der Waals surface area contributed by atoms with Gasteiger partial charge in [-0.15, -0.1) is 0 Å². The molecule has 1 amide bonds. The summed E-state index contributed by atoms with van der Waals surface area (Å²) in [6, 6.07) is 10.6. The number of nitrogens with zero attached hydrogens (tertiary/aromatic N) is 1. The normalized spacial score (nSPS) is 15.8. The second kappa shape index (κ2) is 8.90. The molecule has 1 aliphatic rings. The lowest BCUT2D eigenvalue weighted by Crippen LogP contribution is -3.15. The van der Waals surface area contributed by atoms with Crippen molar-refractivity contribution in [1.29, 1.82) is 0 Å². The molecule has 1 saturated heterocycles. The summed E-state index contributed by atoms with van der Waals surface area (Å²) in [6.07, 6.45) is 0. The first-order valence-electron chi connectivity index (χ1n) is 9.16. The first-order chi connectivity index (χ1) is 13.5. The monoisotopic (exact) mass is 388 g/mol. The molecule has 1 fully saturated rings. The van der Waals surface area contributed by atoms with Crippen molar-refractivity contribution in [3.05, 3.63) is 75.1 Å². The molecule has 0 saturated carbocycles. The molecule has 1 atom stereocenters. The minimum absolute atomic E-state index is 0.0153. The van der Waals surface area contributed by atoms with Crippen molar-refractivity contribution in [3.8, 4) is 0 Å². The molecule has 2 N–H and O–H groups in total. The number of rotatable bonds is 6. The van der Waals surface area contributed by atoms with E-state index in [9.17, 15) is 19.3 Å². The van der Waals surface area contributed by atoms with Gasteiger partial charge < -0.3 is 15.0 Å². The van der Waals surface area contributed by atoms with Crippen molar-refractivity contribution in [2.75, 3.05) is 32.8 Å². The van der Waals surface area contributed by atoms with Crippen LogP contribution in [-0.2, 0) is 4.74 Å². The largest absolute Gasteiger partial charge is 0.370 e. The number of morpholine rings is 1. The molecule has 2 aromatic carbocycles. The number of nitrogens with one attached hydrogen (secondary N) is 2. The Morgan fingerprint density at radius 1 is 1.25 bits per heavy atom. The molecule has 3 rings (SSSR count). The van der Waals surface area contributed by atoms with E-state index in [2.05, 4.69) is 5.32 Å². The number of benzene rings is 2. The summed E-state index contributed by atoms with van der Waals surface area (Å²) >= 11 is 0. The average molecular weight is 388 g/mol. The molecular formula is C20H23FN3O4+. The van der Waals surface area contributed by atoms with E-state index in [0.29, 0.717) is 30.9 Å². The third-order valence-corrected chi connectivity index (χ3v) is 5.02. The van der Waals surface area contributed by atoms with Crippen molar-refractivity contribution in [2.45, 2.75) is 13.0 Å². The predicted molar refractivity (Wildman–Crippen MR) is 101 cm³/mol. The van der Waals surface area contributed by atoms with Crippen LogP contribution in [-0.4, -0.2) is 43.7 Å².